The van der Waals surface area contributed by atoms with Crippen LogP contribution < -0.4 is 15.2 Å². The standard InChI is InChI=1S/C20H25NO3/c1-14(2)17(20(21)22)11-16-9-10-18(23-3)19(12-16)24-13-15-7-5-4-6-8-15/h4-10,12,14,17H,11,13H2,1-3H3,(H2,21,22). The van der Waals surface area contributed by atoms with Crippen molar-refractivity contribution >= 4 is 5.91 Å². The molecule has 2 N–H and O–H groups in total. The number of methoxy groups -OCH3 is 1. The molecule has 0 radical (unpaired) electrons. The van der Waals surface area contributed by atoms with Crippen LogP contribution >= 0.6 is 0 Å². The van der Waals surface area contributed by atoms with Crippen molar-refractivity contribution in [1.82, 2.24) is 0 Å². The highest BCUT2D eigenvalue weighted by Crippen LogP contribution is 2.30. The molecule has 0 aliphatic heterocycles. The van der Waals surface area contributed by atoms with Crippen molar-refractivity contribution in [2.75, 3.05) is 7.11 Å². The van der Waals surface area contributed by atoms with Gasteiger partial charge in [-0.3, -0.25) is 4.79 Å². The third-order valence-electron chi connectivity index (χ3n) is 4.09. The molecule has 1 unspecified atom stereocenters. The number of nitrogens with two attached hydrogens (primary N) is 1. The van der Waals surface area contributed by atoms with Gasteiger partial charge in [-0.05, 0) is 35.6 Å². The van der Waals surface area contributed by atoms with E-state index in [-0.39, 0.29) is 17.7 Å². The number of benzene rings is 2. The summed E-state index contributed by atoms with van der Waals surface area (Å²) in [4.78, 5) is 11.6. The predicted octanol–water partition coefficient (Wildman–Crippen LogP) is 3.57. The smallest absolute Gasteiger partial charge is 0.221 e. The molecule has 0 aromatic heterocycles. The van der Waals surface area contributed by atoms with Crippen LogP contribution in [0, 0.1) is 11.8 Å². The van der Waals surface area contributed by atoms with E-state index in [0.29, 0.717) is 24.5 Å². The van der Waals surface area contributed by atoms with Crippen molar-refractivity contribution in [2.24, 2.45) is 17.6 Å². The first-order chi connectivity index (χ1) is 11.5. The predicted molar refractivity (Wildman–Crippen MR) is 95.0 cm³/mol. The Morgan fingerprint density at radius 3 is 2.33 bits per heavy atom. The highest BCUT2D eigenvalue weighted by atomic mass is 16.5. The van der Waals surface area contributed by atoms with Gasteiger partial charge in [0.05, 0.1) is 7.11 Å². The van der Waals surface area contributed by atoms with Crippen molar-refractivity contribution in [2.45, 2.75) is 26.9 Å². The lowest BCUT2D eigenvalue weighted by atomic mass is 9.88. The van der Waals surface area contributed by atoms with Crippen molar-refractivity contribution in [3.63, 3.8) is 0 Å². The number of hydrogen-bond donors (Lipinski definition) is 1. The van der Waals surface area contributed by atoms with E-state index >= 15 is 0 Å². The third-order valence-corrected chi connectivity index (χ3v) is 4.09. The Labute approximate surface area is 143 Å². The van der Waals surface area contributed by atoms with Gasteiger partial charge < -0.3 is 15.2 Å². The van der Waals surface area contributed by atoms with Crippen LogP contribution in [-0.4, -0.2) is 13.0 Å². The zero-order valence-corrected chi connectivity index (χ0v) is 14.5. The average Bonchev–Trinajstić information content (AvgIpc) is 2.58. The summed E-state index contributed by atoms with van der Waals surface area (Å²) in [6.45, 7) is 4.47. The second-order valence-electron chi connectivity index (χ2n) is 6.22. The highest BCUT2D eigenvalue weighted by molar-refractivity contribution is 5.77. The molecule has 0 bridgehead atoms. The molecule has 2 aromatic carbocycles. The molecule has 0 saturated heterocycles. The zero-order valence-electron chi connectivity index (χ0n) is 14.5. The fourth-order valence-electron chi connectivity index (χ4n) is 2.61. The van der Waals surface area contributed by atoms with Gasteiger partial charge in [-0.15, -0.1) is 0 Å². The van der Waals surface area contributed by atoms with Gasteiger partial charge in [0.1, 0.15) is 6.61 Å². The molecule has 0 saturated carbocycles. The molecule has 2 rings (SSSR count). The second kappa shape index (κ2) is 8.39. The molecule has 0 heterocycles. The third kappa shape index (κ3) is 4.75. The SMILES string of the molecule is COc1ccc(CC(C(N)=O)C(C)C)cc1OCc1ccccc1. The minimum absolute atomic E-state index is 0.193. The maximum atomic E-state index is 11.6. The van der Waals surface area contributed by atoms with Gasteiger partial charge in [0, 0.05) is 5.92 Å². The number of primary amides is 1. The first-order valence-corrected chi connectivity index (χ1v) is 8.14. The zero-order chi connectivity index (χ0) is 17.5. The Hall–Kier alpha value is -2.49. The lowest BCUT2D eigenvalue weighted by molar-refractivity contribution is -0.123. The minimum atomic E-state index is -0.271. The summed E-state index contributed by atoms with van der Waals surface area (Å²) in [6.07, 6.45) is 0.596. The van der Waals surface area contributed by atoms with Gasteiger partial charge >= 0.3 is 0 Å². The van der Waals surface area contributed by atoms with Gasteiger partial charge in [-0.2, -0.15) is 0 Å². The maximum Gasteiger partial charge on any atom is 0.221 e. The maximum absolute atomic E-state index is 11.6. The number of carbonyl (C=O) groups is 1. The van der Waals surface area contributed by atoms with Crippen molar-refractivity contribution in [3.8, 4) is 11.5 Å². The van der Waals surface area contributed by atoms with E-state index in [4.69, 9.17) is 15.2 Å². The lowest BCUT2D eigenvalue weighted by Crippen LogP contribution is -2.29. The lowest BCUT2D eigenvalue weighted by Gasteiger charge is -2.18. The van der Waals surface area contributed by atoms with Crippen LogP contribution in [-0.2, 0) is 17.8 Å². The quantitative estimate of drug-likeness (QED) is 0.806. The van der Waals surface area contributed by atoms with Crippen molar-refractivity contribution < 1.29 is 14.3 Å². The molecule has 24 heavy (non-hydrogen) atoms. The molecular formula is C20H25NO3. The molecular weight excluding hydrogens is 302 g/mol. The number of carbonyl (C=O) groups excluding carboxylic acids is 1. The van der Waals surface area contributed by atoms with Crippen LogP contribution in [0.4, 0.5) is 0 Å². The number of hydrogen-bond acceptors (Lipinski definition) is 3. The summed E-state index contributed by atoms with van der Waals surface area (Å²) < 4.78 is 11.3. The summed E-state index contributed by atoms with van der Waals surface area (Å²) in [6, 6.07) is 15.7. The summed E-state index contributed by atoms with van der Waals surface area (Å²) in [5.41, 5.74) is 7.62. The number of ether oxygens (including phenoxy) is 2. The van der Waals surface area contributed by atoms with E-state index < -0.39 is 0 Å². The topological polar surface area (TPSA) is 61.5 Å². The summed E-state index contributed by atoms with van der Waals surface area (Å²) in [7, 11) is 1.62. The van der Waals surface area contributed by atoms with E-state index in [0.717, 1.165) is 11.1 Å². The second-order valence-corrected chi connectivity index (χ2v) is 6.22. The van der Waals surface area contributed by atoms with Crippen LogP contribution in [0.5, 0.6) is 11.5 Å². The summed E-state index contributed by atoms with van der Waals surface area (Å²) in [5, 5.41) is 0. The molecule has 4 heteroatoms. The van der Waals surface area contributed by atoms with Crippen LogP contribution in [0.2, 0.25) is 0 Å². The van der Waals surface area contributed by atoms with E-state index in [1.54, 1.807) is 7.11 Å². The Morgan fingerprint density at radius 2 is 1.75 bits per heavy atom. The van der Waals surface area contributed by atoms with E-state index in [1.807, 2.05) is 62.4 Å². The summed E-state index contributed by atoms with van der Waals surface area (Å²) >= 11 is 0. The normalized spacial score (nSPS) is 12.0. The van der Waals surface area contributed by atoms with E-state index in [9.17, 15) is 4.79 Å². The Morgan fingerprint density at radius 1 is 1.04 bits per heavy atom. The van der Waals surface area contributed by atoms with Gasteiger partial charge in [0.15, 0.2) is 11.5 Å². The van der Waals surface area contributed by atoms with Crippen molar-refractivity contribution in [3.05, 3.63) is 59.7 Å². The summed E-state index contributed by atoms with van der Waals surface area (Å²) in [5.74, 6) is 1.08. The first kappa shape index (κ1) is 17.9. The first-order valence-electron chi connectivity index (χ1n) is 8.14. The van der Waals surface area contributed by atoms with Gasteiger partial charge in [0.2, 0.25) is 5.91 Å². The highest BCUT2D eigenvalue weighted by Gasteiger charge is 2.20. The Kier molecular flexibility index (Phi) is 6.24. The minimum Gasteiger partial charge on any atom is -0.493 e. The van der Waals surface area contributed by atoms with Crippen LogP contribution in [0.25, 0.3) is 0 Å². The van der Waals surface area contributed by atoms with Gasteiger partial charge in [-0.1, -0.05) is 50.2 Å². The molecule has 0 aliphatic carbocycles. The van der Waals surface area contributed by atoms with Crippen LogP contribution in [0.15, 0.2) is 48.5 Å². The van der Waals surface area contributed by atoms with Crippen LogP contribution in [0.1, 0.15) is 25.0 Å². The largest absolute Gasteiger partial charge is 0.493 e. The Bertz CT molecular complexity index is 668. The Balaban J connectivity index is 2.16. The average molecular weight is 327 g/mol. The van der Waals surface area contributed by atoms with E-state index in [2.05, 4.69) is 0 Å². The molecule has 0 fully saturated rings. The molecule has 1 amide bonds. The number of rotatable bonds is 8. The molecule has 4 nitrogen and oxygen atoms in total. The van der Waals surface area contributed by atoms with E-state index in [1.165, 1.54) is 0 Å². The molecule has 1 atom stereocenters. The van der Waals surface area contributed by atoms with Crippen molar-refractivity contribution in [1.29, 1.82) is 0 Å². The monoisotopic (exact) mass is 327 g/mol. The van der Waals surface area contributed by atoms with Gasteiger partial charge in [-0.25, -0.2) is 0 Å². The molecule has 0 aliphatic rings. The van der Waals surface area contributed by atoms with Gasteiger partial charge in [0.25, 0.3) is 0 Å². The molecule has 128 valence electrons. The number of amides is 1. The van der Waals surface area contributed by atoms with Crippen LogP contribution in [0.3, 0.4) is 0 Å². The fourth-order valence-corrected chi connectivity index (χ4v) is 2.61. The fraction of sp³-hybridized carbons (Fsp3) is 0.350. The molecule has 0 spiro atoms. The molecule has 2 aromatic rings.